The van der Waals surface area contributed by atoms with Crippen LogP contribution in [0.25, 0.3) is 11.1 Å². The van der Waals surface area contributed by atoms with E-state index in [1.165, 1.54) is 0 Å². The average Bonchev–Trinajstić information content (AvgIpc) is 3.66. The van der Waals surface area contributed by atoms with Crippen LogP contribution in [0.5, 0.6) is 17.4 Å². The topological polar surface area (TPSA) is 117 Å². The predicted molar refractivity (Wildman–Crippen MR) is 153 cm³/mol. The number of nitrogens with one attached hydrogen (secondary N) is 1. The van der Waals surface area contributed by atoms with E-state index in [0.29, 0.717) is 24.7 Å². The molecule has 208 valence electrons. The molecule has 0 unspecified atom stereocenters. The molecule has 0 atom stereocenters. The number of ether oxygens (including phenoxy) is 3. The second kappa shape index (κ2) is 10.9. The summed E-state index contributed by atoms with van der Waals surface area (Å²) < 4.78 is 45.6. The molecule has 3 aromatic carbocycles. The summed E-state index contributed by atoms with van der Waals surface area (Å²) in [6, 6.07) is 23.2. The Bertz CT molecular complexity index is 1810. The van der Waals surface area contributed by atoms with Crippen molar-refractivity contribution in [3.63, 3.8) is 0 Å². The van der Waals surface area contributed by atoms with E-state index in [9.17, 15) is 8.42 Å². The molecule has 5 aromatic rings. The quantitative estimate of drug-likeness (QED) is 0.264. The molecular formula is C30H27N5O5S. The van der Waals surface area contributed by atoms with Crippen LogP contribution in [-0.2, 0) is 22.8 Å². The Balaban J connectivity index is 1.49. The zero-order valence-electron chi connectivity index (χ0n) is 22.4. The number of sulfone groups is 1. The fourth-order valence-electron chi connectivity index (χ4n) is 4.80. The van der Waals surface area contributed by atoms with Crippen molar-refractivity contribution in [1.29, 1.82) is 0 Å². The molecule has 11 heteroatoms. The zero-order chi connectivity index (χ0) is 28.4. The van der Waals surface area contributed by atoms with Gasteiger partial charge in [-0.05, 0) is 53.6 Å². The van der Waals surface area contributed by atoms with E-state index >= 15 is 0 Å². The number of benzene rings is 3. The number of anilines is 2. The highest BCUT2D eigenvalue weighted by atomic mass is 32.2. The van der Waals surface area contributed by atoms with Gasteiger partial charge in [-0.3, -0.25) is 4.57 Å². The minimum Gasteiger partial charge on any atom is -0.497 e. The van der Waals surface area contributed by atoms with Crippen molar-refractivity contribution in [2.24, 2.45) is 0 Å². The highest BCUT2D eigenvalue weighted by molar-refractivity contribution is 7.91. The summed E-state index contributed by atoms with van der Waals surface area (Å²) in [7, 11) is -0.817. The third-order valence-electron chi connectivity index (χ3n) is 6.88. The lowest BCUT2D eigenvalue weighted by molar-refractivity contribution is 0.357. The van der Waals surface area contributed by atoms with Crippen LogP contribution in [0.2, 0.25) is 0 Å². The molecule has 3 heterocycles. The summed E-state index contributed by atoms with van der Waals surface area (Å²) in [6.45, 7) is 0.740. The van der Waals surface area contributed by atoms with E-state index in [0.717, 1.165) is 33.7 Å². The standard InChI is InChI=1S/C30H27N5O5S/c1-38-22-10-8-20(9-11-22)19-35-29(33-34-30(35)41(36,37)23-6-4-3-5-7-23)32-28-24(12-13-26-25(28)15-17-40-26)21-14-16-31-27(18-21)39-2/h3-14,16,18H,15,17,19H2,1-2H3,(H,32,33). The lowest BCUT2D eigenvalue weighted by atomic mass is 9.99. The van der Waals surface area contributed by atoms with Crippen molar-refractivity contribution in [3.05, 3.63) is 96.2 Å². The lowest BCUT2D eigenvalue weighted by Crippen LogP contribution is -2.14. The fraction of sp³-hybridized carbons (Fsp3) is 0.167. The summed E-state index contributed by atoms with van der Waals surface area (Å²) >= 11 is 0. The summed E-state index contributed by atoms with van der Waals surface area (Å²) in [5.41, 5.74) is 4.29. The van der Waals surface area contributed by atoms with E-state index < -0.39 is 9.84 Å². The van der Waals surface area contributed by atoms with Crippen molar-refractivity contribution in [2.75, 3.05) is 26.1 Å². The summed E-state index contributed by atoms with van der Waals surface area (Å²) in [6.07, 6.45) is 2.36. The van der Waals surface area contributed by atoms with Gasteiger partial charge in [0.1, 0.15) is 11.5 Å². The van der Waals surface area contributed by atoms with Crippen LogP contribution in [0.3, 0.4) is 0 Å². The third kappa shape index (κ3) is 5.07. The lowest BCUT2D eigenvalue weighted by Gasteiger charge is -2.17. The smallest absolute Gasteiger partial charge is 0.256 e. The number of methoxy groups -OCH3 is 2. The van der Waals surface area contributed by atoms with Crippen LogP contribution in [0.15, 0.2) is 95.1 Å². The molecule has 0 amide bonds. The van der Waals surface area contributed by atoms with Gasteiger partial charge in [0.05, 0.1) is 38.0 Å². The number of aromatic nitrogens is 4. The highest BCUT2D eigenvalue weighted by Gasteiger charge is 2.29. The SMILES string of the molecule is COc1ccc(Cn2c(Nc3c(-c4ccnc(OC)c4)ccc4c3CCO4)nnc2S(=O)(=O)c2ccccc2)cc1. The van der Waals surface area contributed by atoms with Gasteiger partial charge in [-0.15, -0.1) is 10.2 Å². The van der Waals surface area contributed by atoms with E-state index in [-0.39, 0.29) is 22.5 Å². The molecule has 0 saturated carbocycles. The Morgan fingerprint density at radius 1 is 0.951 bits per heavy atom. The van der Waals surface area contributed by atoms with Crippen molar-refractivity contribution in [2.45, 2.75) is 23.0 Å². The van der Waals surface area contributed by atoms with Crippen LogP contribution in [0.4, 0.5) is 11.6 Å². The van der Waals surface area contributed by atoms with Gasteiger partial charge in [0.25, 0.3) is 5.16 Å². The number of rotatable bonds is 9. The number of nitrogens with zero attached hydrogens (tertiary/aromatic N) is 4. The normalized spacial score (nSPS) is 12.4. The zero-order valence-corrected chi connectivity index (χ0v) is 23.3. The molecule has 41 heavy (non-hydrogen) atoms. The van der Waals surface area contributed by atoms with Crippen LogP contribution in [-0.4, -0.2) is 49.0 Å². The molecular weight excluding hydrogens is 542 g/mol. The largest absolute Gasteiger partial charge is 0.497 e. The second-order valence-corrected chi connectivity index (χ2v) is 11.2. The maximum atomic E-state index is 13.7. The van der Waals surface area contributed by atoms with Crippen LogP contribution in [0.1, 0.15) is 11.1 Å². The minimum atomic E-state index is -3.98. The summed E-state index contributed by atoms with van der Waals surface area (Å²) in [4.78, 5) is 4.37. The first-order valence-corrected chi connectivity index (χ1v) is 14.4. The third-order valence-corrected chi connectivity index (χ3v) is 8.56. The van der Waals surface area contributed by atoms with Crippen molar-refractivity contribution >= 4 is 21.5 Å². The molecule has 0 fully saturated rings. The maximum absolute atomic E-state index is 13.7. The minimum absolute atomic E-state index is 0.133. The Morgan fingerprint density at radius 2 is 1.76 bits per heavy atom. The van der Waals surface area contributed by atoms with E-state index in [1.54, 1.807) is 55.3 Å². The Morgan fingerprint density at radius 3 is 2.51 bits per heavy atom. The van der Waals surface area contributed by atoms with Crippen LogP contribution >= 0.6 is 0 Å². The fourth-order valence-corrected chi connectivity index (χ4v) is 6.12. The first-order chi connectivity index (χ1) is 20.0. The van der Waals surface area contributed by atoms with Gasteiger partial charge in [-0.2, -0.15) is 0 Å². The maximum Gasteiger partial charge on any atom is 0.256 e. The van der Waals surface area contributed by atoms with Gasteiger partial charge in [0, 0.05) is 29.8 Å². The van der Waals surface area contributed by atoms with Crippen LogP contribution in [0, 0.1) is 0 Å². The van der Waals surface area contributed by atoms with Gasteiger partial charge in [-0.25, -0.2) is 13.4 Å². The molecule has 0 bridgehead atoms. The summed E-state index contributed by atoms with van der Waals surface area (Å²) in [5.74, 6) is 2.21. The van der Waals surface area contributed by atoms with Crippen molar-refractivity contribution in [1.82, 2.24) is 19.7 Å². The Kier molecular flexibility index (Phi) is 7.02. The van der Waals surface area contributed by atoms with Gasteiger partial charge in [0.15, 0.2) is 0 Å². The number of pyridine rings is 1. The first-order valence-electron chi connectivity index (χ1n) is 12.9. The Labute approximate surface area is 237 Å². The molecule has 1 N–H and O–H groups in total. The summed E-state index contributed by atoms with van der Waals surface area (Å²) in [5, 5.41) is 11.8. The highest BCUT2D eigenvalue weighted by Crippen LogP contribution is 2.41. The van der Waals surface area contributed by atoms with Crippen molar-refractivity contribution in [3.8, 4) is 28.5 Å². The number of fused-ring (bicyclic) bond motifs is 1. The molecule has 2 aromatic heterocycles. The molecule has 1 aliphatic heterocycles. The molecule has 0 spiro atoms. The predicted octanol–water partition coefficient (Wildman–Crippen LogP) is 4.92. The molecule has 0 saturated heterocycles. The van der Waals surface area contributed by atoms with Crippen LogP contribution < -0.4 is 19.5 Å². The number of hydrogen-bond acceptors (Lipinski definition) is 9. The van der Waals surface area contributed by atoms with Crippen molar-refractivity contribution < 1.29 is 22.6 Å². The number of hydrogen-bond donors (Lipinski definition) is 1. The van der Waals surface area contributed by atoms with E-state index in [2.05, 4.69) is 20.5 Å². The molecule has 1 aliphatic rings. The monoisotopic (exact) mass is 569 g/mol. The molecule has 0 radical (unpaired) electrons. The average molecular weight is 570 g/mol. The van der Waals surface area contributed by atoms with Gasteiger partial charge in [-0.1, -0.05) is 30.3 Å². The molecule has 6 rings (SSSR count). The van der Waals surface area contributed by atoms with Gasteiger partial charge in [0.2, 0.25) is 21.7 Å². The van der Waals surface area contributed by atoms with E-state index in [4.69, 9.17) is 14.2 Å². The molecule has 10 nitrogen and oxygen atoms in total. The van der Waals surface area contributed by atoms with E-state index in [1.807, 2.05) is 48.5 Å². The van der Waals surface area contributed by atoms with Gasteiger partial charge >= 0.3 is 0 Å². The second-order valence-electron chi connectivity index (χ2n) is 9.33. The molecule has 0 aliphatic carbocycles. The Hall–Kier alpha value is -4.90. The first kappa shape index (κ1) is 26.3. The van der Waals surface area contributed by atoms with Gasteiger partial charge < -0.3 is 19.5 Å².